The maximum absolute atomic E-state index is 13.6. The zero-order valence-electron chi connectivity index (χ0n) is 22.8. The average Bonchev–Trinajstić information content (AvgIpc) is 3.34. The van der Waals surface area contributed by atoms with Crippen molar-refractivity contribution in [3.63, 3.8) is 0 Å². The van der Waals surface area contributed by atoms with Crippen molar-refractivity contribution >= 4 is 29.4 Å². The number of Topliss-reactive ketones (excluding diaryl/α,β-unsaturated/α-hetero) is 1. The molecule has 0 aromatic heterocycles. The standard InChI is InChI=1S/C27H37F3N4O5/c1-15(2)21(23(36)27(28,29)30)32-25(38)20-12-9-13-34(20)26(39)22(16(3)4)33-24(37)19(31-17(5)35)14-18-10-7-6-8-11-18/h6-8,10-11,15-16,19-22H,9,12-14H2,1-5H3,(H,31,35)(H,32,38)(H,33,37)/t19-,20-,21-,22-/m0/s1. The number of likely N-dealkylation sites (tertiary alicyclic amines) is 1. The van der Waals surface area contributed by atoms with E-state index in [4.69, 9.17) is 0 Å². The lowest BCUT2D eigenvalue weighted by atomic mass is 9.98. The first-order valence-electron chi connectivity index (χ1n) is 13.0. The number of hydrogen-bond acceptors (Lipinski definition) is 5. The minimum atomic E-state index is -5.12. The molecule has 39 heavy (non-hydrogen) atoms. The van der Waals surface area contributed by atoms with Gasteiger partial charge in [-0.3, -0.25) is 24.0 Å². The Morgan fingerprint density at radius 3 is 2.03 bits per heavy atom. The molecule has 1 heterocycles. The molecule has 1 aromatic rings. The number of nitrogens with one attached hydrogen (secondary N) is 3. The molecule has 0 spiro atoms. The summed E-state index contributed by atoms with van der Waals surface area (Å²) in [7, 11) is 0. The molecule has 0 bridgehead atoms. The second-order valence-corrected chi connectivity index (χ2v) is 10.5. The largest absolute Gasteiger partial charge is 0.452 e. The maximum Gasteiger partial charge on any atom is 0.452 e. The zero-order chi connectivity index (χ0) is 29.5. The average molecular weight is 555 g/mol. The quantitative estimate of drug-likeness (QED) is 0.387. The molecule has 2 rings (SSSR count). The third kappa shape index (κ3) is 8.79. The van der Waals surface area contributed by atoms with Crippen LogP contribution in [-0.4, -0.2) is 71.2 Å². The lowest BCUT2D eigenvalue weighted by molar-refractivity contribution is -0.175. The van der Waals surface area contributed by atoms with Crippen molar-refractivity contribution in [1.29, 1.82) is 0 Å². The van der Waals surface area contributed by atoms with E-state index in [0.717, 1.165) is 5.56 Å². The zero-order valence-corrected chi connectivity index (χ0v) is 22.8. The second-order valence-electron chi connectivity index (χ2n) is 10.5. The molecule has 0 unspecified atom stereocenters. The van der Waals surface area contributed by atoms with Crippen LogP contribution in [0.2, 0.25) is 0 Å². The third-order valence-electron chi connectivity index (χ3n) is 6.57. The SMILES string of the molecule is CC(=O)N[C@@H](Cc1ccccc1)C(=O)N[C@H](C(=O)N1CCC[C@H]1C(=O)N[C@H](C(=O)C(F)(F)F)C(C)C)C(C)C. The summed E-state index contributed by atoms with van der Waals surface area (Å²) in [6.45, 7) is 7.62. The van der Waals surface area contributed by atoms with Gasteiger partial charge >= 0.3 is 6.18 Å². The molecule has 1 fully saturated rings. The normalized spacial score (nSPS) is 17.9. The summed E-state index contributed by atoms with van der Waals surface area (Å²) in [5.41, 5.74) is 0.795. The third-order valence-corrected chi connectivity index (χ3v) is 6.57. The summed E-state index contributed by atoms with van der Waals surface area (Å²) in [5, 5.41) is 7.48. The van der Waals surface area contributed by atoms with Crippen molar-refractivity contribution in [2.45, 2.75) is 84.2 Å². The summed E-state index contributed by atoms with van der Waals surface area (Å²) in [6.07, 6.45) is -4.32. The van der Waals surface area contributed by atoms with Gasteiger partial charge < -0.3 is 20.9 Å². The number of ketones is 1. The van der Waals surface area contributed by atoms with E-state index < -0.39 is 71.6 Å². The lowest BCUT2D eigenvalue weighted by Gasteiger charge is -2.32. The van der Waals surface area contributed by atoms with Crippen molar-refractivity contribution in [3.8, 4) is 0 Å². The first-order chi connectivity index (χ1) is 18.1. The Hall–Kier alpha value is -3.44. The Morgan fingerprint density at radius 1 is 0.923 bits per heavy atom. The molecule has 1 aromatic carbocycles. The number of amides is 4. The van der Waals surface area contributed by atoms with Gasteiger partial charge in [-0.05, 0) is 30.2 Å². The highest BCUT2D eigenvalue weighted by Gasteiger charge is 2.46. The van der Waals surface area contributed by atoms with Crippen LogP contribution in [0.3, 0.4) is 0 Å². The Labute approximate surface area is 226 Å². The minimum absolute atomic E-state index is 0.161. The number of rotatable bonds is 11. The molecule has 0 aliphatic carbocycles. The van der Waals surface area contributed by atoms with Crippen LogP contribution in [0.4, 0.5) is 13.2 Å². The minimum Gasteiger partial charge on any atom is -0.344 e. The Morgan fingerprint density at radius 2 is 1.51 bits per heavy atom. The number of nitrogens with zero attached hydrogens (tertiary/aromatic N) is 1. The van der Waals surface area contributed by atoms with Crippen LogP contribution in [0.1, 0.15) is 53.0 Å². The van der Waals surface area contributed by atoms with Crippen LogP contribution < -0.4 is 16.0 Å². The molecule has 12 heteroatoms. The maximum atomic E-state index is 13.6. The fourth-order valence-corrected chi connectivity index (χ4v) is 4.51. The van der Waals surface area contributed by atoms with Crippen LogP contribution in [-0.2, 0) is 30.4 Å². The number of halogens is 3. The molecule has 9 nitrogen and oxygen atoms in total. The summed E-state index contributed by atoms with van der Waals surface area (Å²) < 4.78 is 39.2. The molecule has 4 atom stereocenters. The van der Waals surface area contributed by atoms with E-state index in [1.54, 1.807) is 38.1 Å². The van der Waals surface area contributed by atoms with Gasteiger partial charge in [-0.15, -0.1) is 0 Å². The van der Waals surface area contributed by atoms with Crippen LogP contribution in [0.25, 0.3) is 0 Å². The highest BCUT2D eigenvalue weighted by molar-refractivity contribution is 5.97. The summed E-state index contributed by atoms with van der Waals surface area (Å²) in [5.74, 6) is -5.73. The summed E-state index contributed by atoms with van der Waals surface area (Å²) in [6, 6.07) is 4.11. The Kier molecular flexibility index (Phi) is 11.1. The summed E-state index contributed by atoms with van der Waals surface area (Å²) in [4.78, 5) is 64.6. The molecule has 216 valence electrons. The fraction of sp³-hybridized carbons (Fsp3) is 0.593. The van der Waals surface area contributed by atoms with Gasteiger partial charge in [-0.25, -0.2) is 0 Å². The predicted octanol–water partition coefficient (Wildman–Crippen LogP) is 2.14. The Balaban J connectivity index is 2.20. The lowest BCUT2D eigenvalue weighted by Crippen LogP contribution is -2.59. The van der Waals surface area contributed by atoms with Crippen molar-refractivity contribution in [1.82, 2.24) is 20.9 Å². The van der Waals surface area contributed by atoms with Gasteiger partial charge in [0.25, 0.3) is 5.78 Å². The molecular formula is C27H37F3N4O5. The highest BCUT2D eigenvalue weighted by Crippen LogP contribution is 2.24. The molecule has 0 radical (unpaired) electrons. The van der Waals surface area contributed by atoms with Gasteiger partial charge in [-0.1, -0.05) is 58.0 Å². The van der Waals surface area contributed by atoms with Crippen molar-refractivity contribution in [3.05, 3.63) is 35.9 Å². The molecule has 3 N–H and O–H groups in total. The van der Waals surface area contributed by atoms with Crippen LogP contribution in [0.15, 0.2) is 30.3 Å². The fourth-order valence-electron chi connectivity index (χ4n) is 4.51. The van der Waals surface area contributed by atoms with Gasteiger partial charge in [0, 0.05) is 19.9 Å². The van der Waals surface area contributed by atoms with Crippen molar-refractivity contribution in [2.24, 2.45) is 11.8 Å². The van der Waals surface area contributed by atoms with Gasteiger partial charge in [-0.2, -0.15) is 13.2 Å². The molecule has 1 aliphatic heterocycles. The first kappa shape index (κ1) is 31.8. The highest BCUT2D eigenvalue weighted by atomic mass is 19.4. The Bertz CT molecular complexity index is 1050. The number of benzene rings is 1. The van der Waals surface area contributed by atoms with Gasteiger partial charge in [0.05, 0.1) is 6.04 Å². The number of carbonyl (C=O) groups is 5. The van der Waals surface area contributed by atoms with E-state index in [2.05, 4.69) is 16.0 Å². The topological polar surface area (TPSA) is 125 Å². The number of carbonyl (C=O) groups excluding carboxylic acids is 5. The van der Waals surface area contributed by atoms with Gasteiger partial charge in [0.2, 0.25) is 23.6 Å². The van der Waals surface area contributed by atoms with Crippen LogP contribution in [0.5, 0.6) is 0 Å². The van der Waals surface area contributed by atoms with E-state index in [0.29, 0.717) is 6.42 Å². The van der Waals surface area contributed by atoms with Gasteiger partial charge in [0.15, 0.2) is 0 Å². The number of alkyl halides is 3. The van der Waals surface area contributed by atoms with Crippen LogP contribution >= 0.6 is 0 Å². The van der Waals surface area contributed by atoms with E-state index in [-0.39, 0.29) is 19.4 Å². The molecular weight excluding hydrogens is 517 g/mol. The van der Waals surface area contributed by atoms with Crippen LogP contribution in [0, 0.1) is 11.8 Å². The molecule has 4 amide bonds. The smallest absolute Gasteiger partial charge is 0.344 e. The molecule has 1 saturated heterocycles. The predicted molar refractivity (Wildman–Crippen MR) is 137 cm³/mol. The van der Waals surface area contributed by atoms with Crippen molar-refractivity contribution < 1.29 is 37.1 Å². The van der Waals surface area contributed by atoms with E-state index in [1.165, 1.54) is 25.7 Å². The van der Waals surface area contributed by atoms with E-state index in [1.807, 2.05) is 6.07 Å². The monoisotopic (exact) mass is 554 g/mol. The summed E-state index contributed by atoms with van der Waals surface area (Å²) >= 11 is 0. The van der Waals surface area contributed by atoms with E-state index in [9.17, 15) is 37.1 Å². The molecule has 1 aliphatic rings. The molecule has 0 saturated carbocycles. The van der Waals surface area contributed by atoms with Gasteiger partial charge in [0.1, 0.15) is 18.1 Å². The first-order valence-corrected chi connectivity index (χ1v) is 13.0. The number of hydrogen-bond donors (Lipinski definition) is 3. The van der Waals surface area contributed by atoms with Crippen molar-refractivity contribution in [2.75, 3.05) is 6.54 Å². The second kappa shape index (κ2) is 13.6. The van der Waals surface area contributed by atoms with E-state index >= 15 is 0 Å².